The lowest BCUT2D eigenvalue weighted by Gasteiger charge is -2.39. The van der Waals surface area contributed by atoms with Crippen LogP contribution in [-0.2, 0) is 10.2 Å². The van der Waals surface area contributed by atoms with Crippen molar-refractivity contribution in [2.45, 2.75) is 25.2 Å². The van der Waals surface area contributed by atoms with Gasteiger partial charge in [-0.15, -0.1) is 0 Å². The van der Waals surface area contributed by atoms with Crippen LogP contribution in [0.1, 0.15) is 30.9 Å². The highest BCUT2D eigenvalue weighted by Gasteiger charge is 2.44. The molecule has 1 aromatic rings. The molecule has 0 aromatic heterocycles. The van der Waals surface area contributed by atoms with Crippen molar-refractivity contribution in [1.82, 2.24) is 0 Å². The minimum atomic E-state index is -0.211. The highest BCUT2D eigenvalue weighted by molar-refractivity contribution is 5.91. The molecule has 2 aliphatic rings. The molecule has 1 heterocycles. The molecule has 3 heteroatoms. The molecule has 20 heavy (non-hydrogen) atoms. The number of hydrogen-bond donors (Lipinski definition) is 1. The van der Waals surface area contributed by atoms with E-state index in [1.807, 2.05) is 0 Å². The van der Waals surface area contributed by atoms with E-state index in [-0.39, 0.29) is 12.0 Å². The van der Waals surface area contributed by atoms with Crippen molar-refractivity contribution >= 4 is 12.0 Å². The summed E-state index contributed by atoms with van der Waals surface area (Å²) in [5, 5.41) is 9.14. The van der Waals surface area contributed by atoms with Gasteiger partial charge in [-0.1, -0.05) is 36.4 Å². The number of rotatable bonds is 4. The van der Waals surface area contributed by atoms with Crippen molar-refractivity contribution in [3.63, 3.8) is 0 Å². The minimum absolute atomic E-state index is 0.211. The molecule has 0 saturated heterocycles. The summed E-state index contributed by atoms with van der Waals surface area (Å²) >= 11 is 0. The molecule has 1 aliphatic heterocycles. The molecule has 1 aliphatic carbocycles. The fourth-order valence-electron chi connectivity index (χ4n) is 3.35. The molecule has 2 atom stereocenters. The first kappa shape index (κ1) is 13.4. The van der Waals surface area contributed by atoms with Gasteiger partial charge in [0.15, 0.2) is 5.90 Å². The molecule has 0 radical (unpaired) electrons. The van der Waals surface area contributed by atoms with Gasteiger partial charge in [0.25, 0.3) is 0 Å². The SMILES string of the molecule is C[C@@]1(C2=NCCO2)c2ccccc2C=C[C@@H]1CCCO. The predicted molar refractivity (Wildman–Crippen MR) is 80.9 cm³/mol. The van der Waals surface area contributed by atoms with Crippen molar-refractivity contribution in [3.8, 4) is 0 Å². The second-order valence-corrected chi connectivity index (χ2v) is 5.66. The van der Waals surface area contributed by atoms with Gasteiger partial charge >= 0.3 is 0 Å². The Morgan fingerprint density at radius 1 is 1.40 bits per heavy atom. The lowest BCUT2D eigenvalue weighted by Crippen LogP contribution is -2.42. The van der Waals surface area contributed by atoms with Crippen molar-refractivity contribution in [2.24, 2.45) is 10.9 Å². The smallest absolute Gasteiger partial charge is 0.194 e. The average molecular weight is 271 g/mol. The molecule has 1 N–H and O–H groups in total. The number of benzene rings is 1. The molecular weight excluding hydrogens is 250 g/mol. The van der Waals surface area contributed by atoms with E-state index in [0.29, 0.717) is 12.5 Å². The summed E-state index contributed by atoms with van der Waals surface area (Å²) in [5.74, 6) is 1.18. The summed E-state index contributed by atoms with van der Waals surface area (Å²) in [7, 11) is 0. The fraction of sp³-hybridized carbons (Fsp3) is 0.471. The maximum Gasteiger partial charge on any atom is 0.194 e. The normalized spacial score (nSPS) is 27.9. The van der Waals surface area contributed by atoms with Gasteiger partial charge in [-0.3, -0.25) is 4.99 Å². The maximum atomic E-state index is 9.14. The van der Waals surface area contributed by atoms with Crippen LogP contribution in [0, 0.1) is 5.92 Å². The van der Waals surface area contributed by atoms with E-state index in [9.17, 15) is 0 Å². The number of nitrogens with zero attached hydrogens (tertiary/aromatic N) is 1. The predicted octanol–water partition coefficient (Wildman–Crippen LogP) is 2.79. The van der Waals surface area contributed by atoms with Crippen LogP contribution in [0.2, 0.25) is 0 Å². The third-order valence-electron chi connectivity index (χ3n) is 4.47. The first-order valence-corrected chi connectivity index (χ1v) is 7.33. The first-order chi connectivity index (χ1) is 9.76. The second kappa shape index (κ2) is 5.41. The van der Waals surface area contributed by atoms with E-state index in [4.69, 9.17) is 9.84 Å². The number of aliphatic imine (C=N–C) groups is 1. The average Bonchev–Trinajstić information content (AvgIpc) is 3.01. The fourth-order valence-corrected chi connectivity index (χ4v) is 3.35. The number of aliphatic hydroxyl groups is 1. The number of hydrogen-bond acceptors (Lipinski definition) is 3. The van der Waals surface area contributed by atoms with E-state index in [2.05, 4.69) is 48.3 Å². The molecular formula is C17H21NO2. The number of fused-ring (bicyclic) bond motifs is 1. The molecule has 3 rings (SSSR count). The molecule has 0 fully saturated rings. The number of aliphatic hydroxyl groups excluding tert-OH is 1. The van der Waals surface area contributed by atoms with Crippen LogP contribution >= 0.6 is 0 Å². The Hall–Kier alpha value is -1.61. The van der Waals surface area contributed by atoms with Gasteiger partial charge in [-0.2, -0.15) is 0 Å². The van der Waals surface area contributed by atoms with E-state index in [1.165, 1.54) is 11.1 Å². The zero-order valence-electron chi connectivity index (χ0n) is 11.9. The van der Waals surface area contributed by atoms with E-state index in [1.54, 1.807) is 0 Å². The van der Waals surface area contributed by atoms with Gasteiger partial charge in [0.05, 0.1) is 12.0 Å². The lowest BCUT2D eigenvalue weighted by atomic mass is 9.65. The third kappa shape index (κ3) is 2.06. The van der Waals surface area contributed by atoms with Crippen LogP contribution in [-0.4, -0.2) is 30.8 Å². The van der Waals surface area contributed by atoms with Gasteiger partial charge in [-0.25, -0.2) is 0 Å². The molecule has 1 aromatic carbocycles. The number of allylic oxidation sites excluding steroid dienone is 1. The van der Waals surface area contributed by atoms with Crippen LogP contribution < -0.4 is 0 Å². The van der Waals surface area contributed by atoms with Gasteiger partial charge in [0.1, 0.15) is 6.61 Å². The second-order valence-electron chi connectivity index (χ2n) is 5.66. The van der Waals surface area contributed by atoms with E-state index in [0.717, 1.165) is 25.3 Å². The highest BCUT2D eigenvalue weighted by atomic mass is 16.5. The van der Waals surface area contributed by atoms with Crippen LogP contribution in [0.4, 0.5) is 0 Å². The van der Waals surface area contributed by atoms with Gasteiger partial charge < -0.3 is 9.84 Å². The van der Waals surface area contributed by atoms with Gasteiger partial charge in [0, 0.05) is 6.61 Å². The van der Waals surface area contributed by atoms with Crippen molar-refractivity contribution in [2.75, 3.05) is 19.8 Å². The standard InChI is InChI=1S/C17H21NO2/c1-17(16-18-10-12-20-16)14(6-4-11-19)9-8-13-5-2-3-7-15(13)17/h2-3,5,7-9,14,19H,4,6,10-12H2,1H3/t14-,17-/m0/s1. The Balaban J connectivity index is 2.05. The number of ether oxygens (including phenoxy) is 1. The molecule has 3 nitrogen and oxygen atoms in total. The summed E-state index contributed by atoms with van der Waals surface area (Å²) in [6.45, 7) is 3.89. The summed E-state index contributed by atoms with van der Waals surface area (Å²) in [4.78, 5) is 4.59. The summed E-state index contributed by atoms with van der Waals surface area (Å²) < 4.78 is 5.82. The quantitative estimate of drug-likeness (QED) is 0.915. The Kier molecular flexibility index (Phi) is 3.62. The summed E-state index contributed by atoms with van der Waals surface area (Å²) in [6.07, 6.45) is 6.19. The monoisotopic (exact) mass is 271 g/mol. The Labute approximate surface area is 120 Å². The molecule has 0 amide bonds. The van der Waals surface area contributed by atoms with Crippen molar-refractivity contribution in [3.05, 3.63) is 41.5 Å². The van der Waals surface area contributed by atoms with Gasteiger partial charge in [0.2, 0.25) is 0 Å². The first-order valence-electron chi connectivity index (χ1n) is 7.33. The van der Waals surface area contributed by atoms with Crippen molar-refractivity contribution < 1.29 is 9.84 Å². The van der Waals surface area contributed by atoms with Gasteiger partial charge in [-0.05, 0) is 36.8 Å². The Morgan fingerprint density at radius 3 is 3.00 bits per heavy atom. The summed E-state index contributed by atoms with van der Waals surface area (Å²) in [6, 6.07) is 8.46. The van der Waals surface area contributed by atoms with Crippen molar-refractivity contribution in [1.29, 1.82) is 0 Å². The third-order valence-corrected chi connectivity index (χ3v) is 4.47. The molecule has 106 valence electrons. The molecule has 0 saturated carbocycles. The lowest BCUT2D eigenvalue weighted by molar-refractivity contribution is 0.252. The van der Waals surface area contributed by atoms with Crippen LogP contribution in [0.25, 0.3) is 6.08 Å². The zero-order valence-corrected chi connectivity index (χ0v) is 11.9. The Bertz CT molecular complexity index is 550. The molecule has 0 bridgehead atoms. The summed E-state index contributed by atoms with van der Waals surface area (Å²) in [5.41, 5.74) is 2.32. The topological polar surface area (TPSA) is 41.8 Å². The minimum Gasteiger partial charge on any atom is -0.478 e. The largest absolute Gasteiger partial charge is 0.478 e. The van der Waals surface area contributed by atoms with Crippen LogP contribution in [0.15, 0.2) is 35.3 Å². The van der Waals surface area contributed by atoms with Crippen LogP contribution in [0.3, 0.4) is 0 Å². The Morgan fingerprint density at radius 2 is 2.25 bits per heavy atom. The van der Waals surface area contributed by atoms with E-state index < -0.39 is 0 Å². The molecule has 0 spiro atoms. The highest BCUT2D eigenvalue weighted by Crippen LogP contribution is 2.43. The van der Waals surface area contributed by atoms with Crippen LogP contribution in [0.5, 0.6) is 0 Å². The van der Waals surface area contributed by atoms with E-state index >= 15 is 0 Å². The zero-order chi connectivity index (χ0) is 14.0. The maximum absolute atomic E-state index is 9.14. The molecule has 0 unspecified atom stereocenters.